The molecule has 0 radical (unpaired) electrons. The van der Waals surface area contributed by atoms with Crippen molar-refractivity contribution in [1.29, 1.82) is 0 Å². The number of rotatable bonds is 4. The van der Waals surface area contributed by atoms with Crippen LogP contribution in [0.1, 0.15) is 45.4 Å². The number of nitrogens with one attached hydrogen (secondary N) is 1. The van der Waals surface area contributed by atoms with E-state index in [0.29, 0.717) is 24.6 Å². The highest BCUT2D eigenvalue weighted by Gasteiger charge is 2.28. The average Bonchev–Trinajstić information content (AvgIpc) is 2.57. The van der Waals surface area contributed by atoms with Crippen LogP contribution in [-0.4, -0.2) is 35.2 Å². The van der Waals surface area contributed by atoms with Crippen LogP contribution < -0.4 is 9.03 Å². The summed E-state index contributed by atoms with van der Waals surface area (Å²) < 4.78 is 53.7. The van der Waals surface area contributed by atoms with E-state index in [1.54, 1.807) is 12.1 Å². The van der Waals surface area contributed by atoms with Crippen LogP contribution in [0.5, 0.6) is 0 Å². The molecule has 1 saturated carbocycles. The molecule has 8 heteroatoms. The Morgan fingerprint density at radius 1 is 1.04 bits per heavy atom. The second kappa shape index (κ2) is 7.25. The summed E-state index contributed by atoms with van der Waals surface area (Å²) >= 11 is 0. The lowest BCUT2D eigenvalue weighted by atomic mass is 9.87. The molecule has 0 unspecified atom stereocenters. The Morgan fingerprint density at radius 2 is 1.72 bits per heavy atom. The van der Waals surface area contributed by atoms with Gasteiger partial charge in [-0.1, -0.05) is 19.8 Å². The number of hydrogen-bond donors (Lipinski definition) is 1. The van der Waals surface area contributed by atoms with Gasteiger partial charge in [-0.15, -0.1) is 0 Å². The maximum absolute atomic E-state index is 12.6. The zero-order valence-electron chi connectivity index (χ0n) is 14.5. The predicted octanol–water partition coefficient (Wildman–Crippen LogP) is 2.47. The molecule has 1 N–H and O–H groups in total. The second-order valence-corrected chi connectivity index (χ2v) is 10.8. The van der Waals surface area contributed by atoms with E-state index in [1.807, 2.05) is 0 Å². The monoisotopic (exact) mass is 386 g/mol. The van der Waals surface area contributed by atoms with Gasteiger partial charge in [0, 0.05) is 12.6 Å². The van der Waals surface area contributed by atoms with E-state index in [2.05, 4.69) is 11.6 Å². The maximum atomic E-state index is 12.6. The Hall–Kier alpha value is -1.12. The van der Waals surface area contributed by atoms with Gasteiger partial charge >= 0.3 is 0 Å². The zero-order valence-corrected chi connectivity index (χ0v) is 16.2. The summed E-state index contributed by atoms with van der Waals surface area (Å²) in [7, 11) is -6.87. The van der Waals surface area contributed by atoms with E-state index >= 15 is 0 Å². The Labute approximate surface area is 150 Å². The van der Waals surface area contributed by atoms with Gasteiger partial charge in [0.1, 0.15) is 0 Å². The van der Waals surface area contributed by atoms with Crippen LogP contribution in [0.15, 0.2) is 29.2 Å². The molecular formula is C17H26N2O4S2. The summed E-state index contributed by atoms with van der Waals surface area (Å²) in [4.78, 5) is 0.184. The fourth-order valence-corrected chi connectivity index (χ4v) is 6.65. The van der Waals surface area contributed by atoms with Crippen molar-refractivity contribution in [3.63, 3.8) is 0 Å². The molecular weight excluding hydrogens is 360 g/mol. The highest BCUT2D eigenvalue weighted by molar-refractivity contribution is 7.92. The lowest BCUT2D eigenvalue weighted by Crippen LogP contribution is -2.41. The second-order valence-electron chi connectivity index (χ2n) is 7.08. The van der Waals surface area contributed by atoms with Gasteiger partial charge in [0.25, 0.3) is 0 Å². The van der Waals surface area contributed by atoms with E-state index in [9.17, 15) is 16.8 Å². The van der Waals surface area contributed by atoms with Crippen molar-refractivity contribution in [2.24, 2.45) is 5.92 Å². The fraction of sp³-hybridized carbons (Fsp3) is 0.647. The zero-order chi connectivity index (χ0) is 18.1. The van der Waals surface area contributed by atoms with Crippen molar-refractivity contribution >= 4 is 25.7 Å². The van der Waals surface area contributed by atoms with Crippen molar-refractivity contribution in [3.8, 4) is 0 Å². The molecule has 1 heterocycles. The molecule has 2 fully saturated rings. The van der Waals surface area contributed by atoms with Crippen LogP contribution in [-0.2, 0) is 20.0 Å². The number of sulfonamides is 2. The molecule has 0 amide bonds. The van der Waals surface area contributed by atoms with E-state index in [4.69, 9.17) is 0 Å². The Bertz CT molecular complexity index is 804. The van der Waals surface area contributed by atoms with Crippen LogP contribution in [0.25, 0.3) is 0 Å². The Balaban J connectivity index is 1.77. The summed E-state index contributed by atoms with van der Waals surface area (Å²) in [6.07, 6.45) is 5.60. The predicted molar refractivity (Wildman–Crippen MR) is 98.6 cm³/mol. The highest BCUT2D eigenvalue weighted by Crippen LogP contribution is 2.27. The SMILES string of the molecule is C[C@H]1CCCC[C@@H]1NS(=O)(=O)c1ccc(N2CCCCS2(=O)=O)cc1. The quantitative estimate of drug-likeness (QED) is 0.862. The standard InChI is InChI=1S/C17H26N2O4S2/c1-14-6-2-3-7-17(14)18-25(22,23)16-10-8-15(9-11-16)19-12-4-5-13-24(19,20)21/h8-11,14,17-18H,2-7,12-13H2,1H3/t14-,17-/m0/s1. The molecule has 1 aromatic carbocycles. The molecule has 1 saturated heterocycles. The van der Waals surface area contributed by atoms with Gasteiger partial charge in [0.15, 0.2) is 0 Å². The topological polar surface area (TPSA) is 83.6 Å². The van der Waals surface area contributed by atoms with E-state index in [-0.39, 0.29) is 16.7 Å². The fourth-order valence-electron chi connectivity index (χ4n) is 3.63. The largest absolute Gasteiger partial charge is 0.270 e. The summed E-state index contributed by atoms with van der Waals surface area (Å²) in [5, 5.41) is 0. The minimum atomic E-state index is -3.59. The smallest absolute Gasteiger partial charge is 0.240 e. The first-order valence-corrected chi connectivity index (χ1v) is 12.0. The Morgan fingerprint density at radius 3 is 2.36 bits per heavy atom. The average molecular weight is 387 g/mol. The minimum absolute atomic E-state index is 0.0269. The van der Waals surface area contributed by atoms with Crippen molar-refractivity contribution in [2.75, 3.05) is 16.6 Å². The van der Waals surface area contributed by atoms with Gasteiger partial charge in [0.05, 0.1) is 16.3 Å². The molecule has 1 aliphatic heterocycles. The van der Waals surface area contributed by atoms with Gasteiger partial charge in [-0.25, -0.2) is 21.6 Å². The normalized spacial score (nSPS) is 27.2. The number of hydrogen-bond acceptors (Lipinski definition) is 4. The molecule has 25 heavy (non-hydrogen) atoms. The first-order valence-electron chi connectivity index (χ1n) is 8.92. The molecule has 0 bridgehead atoms. The van der Waals surface area contributed by atoms with Gasteiger partial charge in [-0.3, -0.25) is 4.31 Å². The molecule has 6 nitrogen and oxygen atoms in total. The Kier molecular flexibility index (Phi) is 5.41. The summed E-state index contributed by atoms with van der Waals surface area (Å²) in [6.45, 7) is 2.53. The van der Waals surface area contributed by atoms with Crippen molar-refractivity contribution in [1.82, 2.24) is 4.72 Å². The summed E-state index contributed by atoms with van der Waals surface area (Å²) in [5.74, 6) is 0.482. The molecule has 1 aromatic rings. The molecule has 0 spiro atoms. The molecule has 0 aromatic heterocycles. The third kappa shape index (κ3) is 4.17. The van der Waals surface area contributed by atoms with Crippen LogP contribution in [0.2, 0.25) is 0 Å². The molecule has 2 atom stereocenters. The summed E-state index contributed by atoms with van der Waals surface area (Å²) in [6, 6.07) is 6.13. The number of nitrogens with zero attached hydrogens (tertiary/aromatic N) is 1. The first-order chi connectivity index (χ1) is 11.8. The van der Waals surface area contributed by atoms with Crippen molar-refractivity contribution < 1.29 is 16.8 Å². The maximum Gasteiger partial charge on any atom is 0.240 e. The third-order valence-corrected chi connectivity index (χ3v) is 8.58. The van der Waals surface area contributed by atoms with Crippen LogP contribution >= 0.6 is 0 Å². The van der Waals surface area contributed by atoms with Gasteiger partial charge in [-0.05, 0) is 55.9 Å². The summed E-state index contributed by atoms with van der Waals surface area (Å²) in [5.41, 5.74) is 0.532. The number of anilines is 1. The minimum Gasteiger partial charge on any atom is -0.270 e. The lowest BCUT2D eigenvalue weighted by molar-refractivity contribution is 0.310. The van der Waals surface area contributed by atoms with Gasteiger partial charge in [0.2, 0.25) is 20.0 Å². The van der Waals surface area contributed by atoms with Crippen molar-refractivity contribution in [3.05, 3.63) is 24.3 Å². The van der Waals surface area contributed by atoms with Gasteiger partial charge < -0.3 is 0 Å². The van der Waals surface area contributed by atoms with E-state index in [1.165, 1.54) is 16.4 Å². The van der Waals surface area contributed by atoms with E-state index < -0.39 is 20.0 Å². The highest BCUT2D eigenvalue weighted by atomic mass is 32.2. The molecule has 3 rings (SSSR count). The van der Waals surface area contributed by atoms with Crippen molar-refractivity contribution in [2.45, 2.75) is 56.4 Å². The number of benzene rings is 1. The van der Waals surface area contributed by atoms with Crippen LogP contribution in [0.3, 0.4) is 0 Å². The first kappa shape index (κ1) is 18.7. The third-order valence-electron chi connectivity index (χ3n) is 5.20. The molecule has 140 valence electrons. The van der Waals surface area contributed by atoms with Gasteiger partial charge in [-0.2, -0.15) is 0 Å². The van der Waals surface area contributed by atoms with Crippen LogP contribution in [0, 0.1) is 5.92 Å². The molecule has 2 aliphatic rings. The van der Waals surface area contributed by atoms with Crippen LogP contribution in [0.4, 0.5) is 5.69 Å². The lowest BCUT2D eigenvalue weighted by Gasteiger charge is -2.29. The van der Waals surface area contributed by atoms with E-state index in [0.717, 1.165) is 32.1 Å². The molecule has 1 aliphatic carbocycles.